The van der Waals surface area contributed by atoms with Crippen LogP contribution in [0.3, 0.4) is 0 Å². The van der Waals surface area contributed by atoms with Gasteiger partial charge in [-0.15, -0.1) is 0 Å². The van der Waals surface area contributed by atoms with Crippen LogP contribution >= 0.6 is 0 Å². The molecule has 1 amide bonds. The molecule has 0 saturated carbocycles. The first kappa shape index (κ1) is 16.7. The number of aromatic carboxylic acids is 1. The van der Waals surface area contributed by atoms with Gasteiger partial charge in [0, 0.05) is 24.0 Å². The van der Waals surface area contributed by atoms with Crippen LogP contribution in [0.25, 0.3) is 0 Å². The molecule has 2 heterocycles. The number of carbonyl (C=O) groups excluding carboxylic acids is 1. The predicted molar refractivity (Wildman–Crippen MR) is 83.1 cm³/mol. The highest BCUT2D eigenvalue weighted by atomic mass is 16.4. The fourth-order valence-electron chi connectivity index (χ4n) is 2.40. The Hall–Kier alpha value is -2.64. The molecule has 0 fully saturated rings. The summed E-state index contributed by atoms with van der Waals surface area (Å²) in [6, 6.07) is -0.799. The average molecular weight is 319 g/mol. The summed E-state index contributed by atoms with van der Waals surface area (Å²) in [7, 11) is 0. The Kier molecular flexibility index (Phi) is 4.83. The number of nitrogens with zero attached hydrogens (tertiary/aromatic N) is 4. The van der Waals surface area contributed by atoms with Gasteiger partial charge < -0.3 is 10.4 Å². The zero-order valence-corrected chi connectivity index (χ0v) is 13.6. The van der Waals surface area contributed by atoms with Crippen molar-refractivity contribution in [3.8, 4) is 0 Å². The van der Waals surface area contributed by atoms with Crippen molar-refractivity contribution in [2.45, 2.75) is 46.3 Å². The summed E-state index contributed by atoms with van der Waals surface area (Å²) in [5.74, 6) is -1.30. The maximum atomic E-state index is 12.3. The molecule has 23 heavy (non-hydrogen) atoms. The molecule has 2 N–H and O–H groups in total. The standard InChI is InChI=1S/C15H21N5O3/c1-5-19-10(3)13(7-17-19)9(2)18-14(21)11(4)20-8-12(6-16-20)15(22)23/h6-9,11H,5H2,1-4H3,(H,18,21)(H,22,23). The van der Waals surface area contributed by atoms with Crippen molar-refractivity contribution >= 4 is 11.9 Å². The Bertz CT molecular complexity index is 719. The molecule has 8 heteroatoms. The van der Waals surface area contributed by atoms with Gasteiger partial charge in [-0.1, -0.05) is 0 Å². The number of nitrogens with one attached hydrogen (secondary N) is 1. The fraction of sp³-hybridized carbons (Fsp3) is 0.467. The van der Waals surface area contributed by atoms with Crippen molar-refractivity contribution in [1.29, 1.82) is 0 Å². The fourth-order valence-corrected chi connectivity index (χ4v) is 2.40. The van der Waals surface area contributed by atoms with Crippen LogP contribution in [-0.4, -0.2) is 36.5 Å². The molecule has 2 aromatic heterocycles. The molecule has 0 aliphatic heterocycles. The summed E-state index contributed by atoms with van der Waals surface area (Å²) in [4.78, 5) is 23.2. The van der Waals surface area contributed by atoms with E-state index in [9.17, 15) is 9.59 Å². The van der Waals surface area contributed by atoms with E-state index in [2.05, 4.69) is 15.5 Å². The zero-order chi connectivity index (χ0) is 17.1. The third-order valence-corrected chi connectivity index (χ3v) is 3.89. The highest BCUT2D eigenvalue weighted by molar-refractivity contribution is 5.87. The van der Waals surface area contributed by atoms with Crippen LogP contribution in [0.4, 0.5) is 0 Å². The van der Waals surface area contributed by atoms with E-state index in [1.54, 1.807) is 13.1 Å². The van der Waals surface area contributed by atoms with Gasteiger partial charge in [0.1, 0.15) is 6.04 Å². The van der Waals surface area contributed by atoms with Gasteiger partial charge in [-0.05, 0) is 27.7 Å². The molecule has 0 aromatic carbocycles. The van der Waals surface area contributed by atoms with Crippen LogP contribution in [0, 0.1) is 6.92 Å². The Morgan fingerprint density at radius 3 is 2.52 bits per heavy atom. The minimum Gasteiger partial charge on any atom is -0.478 e. The summed E-state index contributed by atoms with van der Waals surface area (Å²) in [6.07, 6.45) is 4.33. The monoisotopic (exact) mass is 319 g/mol. The smallest absolute Gasteiger partial charge is 0.338 e. The average Bonchev–Trinajstić information content (AvgIpc) is 3.12. The quantitative estimate of drug-likeness (QED) is 0.841. The van der Waals surface area contributed by atoms with E-state index < -0.39 is 12.0 Å². The number of carboxylic acid groups (broad SMARTS) is 1. The van der Waals surface area contributed by atoms with Crippen LogP contribution in [0.5, 0.6) is 0 Å². The largest absolute Gasteiger partial charge is 0.478 e. The van der Waals surface area contributed by atoms with Crippen LogP contribution < -0.4 is 5.32 Å². The normalized spacial score (nSPS) is 13.6. The van der Waals surface area contributed by atoms with Crippen LogP contribution in [-0.2, 0) is 11.3 Å². The van der Waals surface area contributed by atoms with Crippen molar-refractivity contribution in [3.05, 3.63) is 35.4 Å². The van der Waals surface area contributed by atoms with Gasteiger partial charge in [0.15, 0.2) is 0 Å². The number of carbonyl (C=O) groups is 2. The minimum atomic E-state index is -1.07. The van der Waals surface area contributed by atoms with Gasteiger partial charge in [-0.3, -0.25) is 14.2 Å². The molecule has 2 rings (SSSR count). The third-order valence-electron chi connectivity index (χ3n) is 3.89. The van der Waals surface area contributed by atoms with Crippen LogP contribution in [0.1, 0.15) is 54.5 Å². The SMILES string of the molecule is CCn1ncc(C(C)NC(=O)C(C)n2cc(C(=O)O)cn2)c1C. The molecular formula is C15H21N5O3. The maximum absolute atomic E-state index is 12.3. The van der Waals surface area contributed by atoms with Gasteiger partial charge in [0.05, 0.1) is 24.0 Å². The second kappa shape index (κ2) is 6.64. The third kappa shape index (κ3) is 3.41. The first-order valence-electron chi connectivity index (χ1n) is 7.45. The lowest BCUT2D eigenvalue weighted by atomic mass is 10.1. The molecule has 8 nitrogen and oxygen atoms in total. The van der Waals surface area contributed by atoms with E-state index in [1.807, 2.05) is 25.5 Å². The molecule has 0 aliphatic rings. The lowest BCUT2D eigenvalue weighted by Gasteiger charge is -2.18. The Morgan fingerprint density at radius 1 is 1.30 bits per heavy atom. The van der Waals surface area contributed by atoms with Crippen molar-refractivity contribution in [2.24, 2.45) is 0 Å². The minimum absolute atomic E-state index is 0.0535. The maximum Gasteiger partial charge on any atom is 0.338 e. The van der Waals surface area contributed by atoms with E-state index in [-0.39, 0.29) is 17.5 Å². The highest BCUT2D eigenvalue weighted by Gasteiger charge is 2.21. The van der Waals surface area contributed by atoms with Crippen LogP contribution in [0.15, 0.2) is 18.6 Å². The molecule has 0 aliphatic carbocycles. The van der Waals surface area contributed by atoms with Gasteiger partial charge in [0.25, 0.3) is 0 Å². The van der Waals surface area contributed by atoms with E-state index >= 15 is 0 Å². The topological polar surface area (TPSA) is 102 Å². The summed E-state index contributed by atoms with van der Waals surface area (Å²) in [6.45, 7) is 8.30. The van der Waals surface area contributed by atoms with Crippen molar-refractivity contribution in [2.75, 3.05) is 0 Å². The second-order valence-corrected chi connectivity index (χ2v) is 5.42. The number of amides is 1. The molecule has 2 aromatic rings. The first-order chi connectivity index (χ1) is 10.8. The first-order valence-corrected chi connectivity index (χ1v) is 7.45. The molecule has 124 valence electrons. The second-order valence-electron chi connectivity index (χ2n) is 5.42. The Labute approximate surface area is 134 Å². The summed E-state index contributed by atoms with van der Waals surface area (Å²) >= 11 is 0. The van der Waals surface area contributed by atoms with E-state index in [0.717, 1.165) is 17.8 Å². The Morgan fingerprint density at radius 2 is 2.00 bits per heavy atom. The van der Waals surface area contributed by atoms with Gasteiger partial charge in [-0.25, -0.2) is 4.79 Å². The molecule has 2 atom stereocenters. The van der Waals surface area contributed by atoms with Gasteiger partial charge in [0.2, 0.25) is 5.91 Å². The Balaban J connectivity index is 2.07. The molecule has 2 unspecified atom stereocenters. The lowest BCUT2D eigenvalue weighted by molar-refractivity contribution is -0.124. The molecule has 0 bridgehead atoms. The molecule has 0 radical (unpaired) electrons. The zero-order valence-electron chi connectivity index (χ0n) is 13.6. The van der Waals surface area contributed by atoms with Gasteiger partial charge in [-0.2, -0.15) is 10.2 Å². The molecule has 0 saturated heterocycles. The highest BCUT2D eigenvalue weighted by Crippen LogP contribution is 2.18. The van der Waals surface area contributed by atoms with E-state index in [0.29, 0.717) is 0 Å². The lowest BCUT2D eigenvalue weighted by Crippen LogP contribution is -2.33. The van der Waals surface area contributed by atoms with Gasteiger partial charge >= 0.3 is 5.97 Å². The van der Waals surface area contributed by atoms with E-state index in [1.165, 1.54) is 17.1 Å². The van der Waals surface area contributed by atoms with Crippen molar-refractivity contribution in [1.82, 2.24) is 24.9 Å². The summed E-state index contributed by atoms with van der Waals surface area (Å²) < 4.78 is 3.21. The number of hydrogen-bond donors (Lipinski definition) is 2. The number of hydrogen-bond acceptors (Lipinski definition) is 4. The summed E-state index contributed by atoms with van der Waals surface area (Å²) in [5.41, 5.74) is 2.03. The number of rotatable bonds is 6. The molecular weight excluding hydrogens is 298 g/mol. The predicted octanol–water partition coefficient (Wildman–Crippen LogP) is 1.54. The summed E-state index contributed by atoms with van der Waals surface area (Å²) in [5, 5.41) is 20.0. The van der Waals surface area contributed by atoms with Crippen LogP contribution in [0.2, 0.25) is 0 Å². The molecule has 0 spiro atoms. The van der Waals surface area contributed by atoms with Crippen molar-refractivity contribution in [3.63, 3.8) is 0 Å². The van der Waals surface area contributed by atoms with Crippen molar-refractivity contribution < 1.29 is 14.7 Å². The number of aryl methyl sites for hydroxylation is 1. The number of carboxylic acids is 1. The van der Waals surface area contributed by atoms with E-state index in [4.69, 9.17) is 5.11 Å². The number of aromatic nitrogens is 4.